The van der Waals surface area contributed by atoms with E-state index >= 15 is 0 Å². The van der Waals surface area contributed by atoms with Gasteiger partial charge in [-0.2, -0.15) is 0 Å². The first kappa shape index (κ1) is 8.92. The zero-order chi connectivity index (χ0) is 7.49. The summed E-state index contributed by atoms with van der Waals surface area (Å²) in [6, 6.07) is 0. The van der Waals surface area contributed by atoms with Crippen LogP contribution in [0.1, 0.15) is 27.2 Å². The Morgan fingerprint density at radius 3 is 2.22 bits per heavy atom. The lowest BCUT2D eigenvalue weighted by Crippen LogP contribution is -2.34. The van der Waals surface area contributed by atoms with Crippen LogP contribution in [0.2, 0.25) is 0 Å². The lowest BCUT2D eigenvalue weighted by molar-refractivity contribution is -0.203. The highest BCUT2D eigenvalue weighted by molar-refractivity contribution is 4.65. The number of hydrogen-bond acceptors (Lipinski definition) is 2. The number of aliphatic hydroxyl groups is 1. The van der Waals surface area contributed by atoms with Crippen molar-refractivity contribution in [3.8, 4) is 0 Å². The molecule has 0 aromatic rings. The van der Waals surface area contributed by atoms with Crippen LogP contribution in [-0.2, 0) is 4.74 Å². The molecule has 1 N–H and O–H groups in total. The third-order valence-corrected chi connectivity index (χ3v) is 1.94. The maximum atomic E-state index is 9.37. The fraction of sp³-hybridized carbons (Fsp3) is 1.00. The standard InChI is InChI=1S/C7H16O2/c1-5-6(2)7(3,8)9-4/h6,8H,5H2,1-4H3. The summed E-state index contributed by atoms with van der Waals surface area (Å²) < 4.78 is 4.85. The van der Waals surface area contributed by atoms with E-state index in [1.54, 1.807) is 6.92 Å². The minimum atomic E-state index is -0.950. The van der Waals surface area contributed by atoms with E-state index in [0.29, 0.717) is 0 Å². The zero-order valence-electron chi connectivity index (χ0n) is 6.64. The number of ether oxygens (including phenoxy) is 1. The molecule has 0 aliphatic carbocycles. The first-order chi connectivity index (χ1) is 4.04. The van der Waals surface area contributed by atoms with Gasteiger partial charge in [0.2, 0.25) is 0 Å². The summed E-state index contributed by atoms with van der Waals surface area (Å²) in [5, 5.41) is 9.37. The fourth-order valence-electron chi connectivity index (χ4n) is 0.580. The molecule has 0 saturated heterocycles. The largest absolute Gasteiger partial charge is 0.365 e. The van der Waals surface area contributed by atoms with Gasteiger partial charge < -0.3 is 9.84 Å². The van der Waals surface area contributed by atoms with Gasteiger partial charge in [-0.1, -0.05) is 13.8 Å². The van der Waals surface area contributed by atoms with E-state index in [4.69, 9.17) is 4.74 Å². The quantitative estimate of drug-likeness (QED) is 0.588. The smallest absolute Gasteiger partial charge is 0.164 e. The van der Waals surface area contributed by atoms with E-state index in [1.807, 2.05) is 13.8 Å². The Balaban J connectivity index is 3.80. The van der Waals surface area contributed by atoms with Crippen LogP contribution >= 0.6 is 0 Å². The second kappa shape index (κ2) is 3.18. The van der Waals surface area contributed by atoms with Crippen LogP contribution in [0.15, 0.2) is 0 Å². The molecule has 0 spiro atoms. The second-order valence-corrected chi connectivity index (χ2v) is 2.57. The van der Waals surface area contributed by atoms with E-state index in [1.165, 1.54) is 7.11 Å². The maximum Gasteiger partial charge on any atom is 0.164 e. The highest BCUT2D eigenvalue weighted by atomic mass is 16.6. The van der Waals surface area contributed by atoms with Gasteiger partial charge in [-0.15, -0.1) is 0 Å². The topological polar surface area (TPSA) is 29.5 Å². The van der Waals surface area contributed by atoms with Gasteiger partial charge >= 0.3 is 0 Å². The molecule has 2 nitrogen and oxygen atoms in total. The van der Waals surface area contributed by atoms with Crippen LogP contribution in [0.3, 0.4) is 0 Å². The van der Waals surface area contributed by atoms with Gasteiger partial charge in [0.1, 0.15) is 0 Å². The van der Waals surface area contributed by atoms with Crippen molar-refractivity contribution in [1.82, 2.24) is 0 Å². The molecular formula is C7H16O2. The van der Waals surface area contributed by atoms with E-state index in [-0.39, 0.29) is 5.92 Å². The summed E-state index contributed by atoms with van der Waals surface area (Å²) in [7, 11) is 1.52. The lowest BCUT2D eigenvalue weighted by Gasteiger charge is -2.27. The Hall–Kier alpha value is -0.0800. The second-order valence-electron chi connectivity index (χ2n) is 2.57. The van der Waals surface area contributed by atoms with Crippen molar-refractivity contribution in [3.05, 3.63) is 0 Å². The van der Waals surface area contributed by atoms with E-state index in [9.17, 15) is 5.11 Å². The summed E-state index contributed by atoms with van der Waals surface area (Å²) in [6.07, 6.45) is 0.931. The third kappa shape index (κ3) is 2.33. The molecule has 0 heterocycles. The summed E-state index contributed by atoms with van der Waals surface area (Å²) >= 11 is 0. The highest BCUT2D eigenvalue weighted by Crippen LogP contribution is 2.19. The number of rotatable bonds is 3. The monoisotopic (exact) mass is 132 g/mol. The molecule has 9 heavy (non-hydrogen) atoms. The summed E-state index contributed by atoms with van der Waals surface area (Å²) in [4.78, 5) is 0. The minimum absolute atomic E-state index is 0.197. The Kier molecular flexibility index (Phi) is 3.15. The van der Waals surface area contributed by atoms with Crippen molar-refractivity contribution in [2.24, 2.45) is 5.92 Å². The van der Waals surface area contributed by atoms with Gasteiger partial charge in [0.05, 0.1) is 0 Å². The SMILES string of the molecule is CCC(C)C(C)(O)OC. The molecule has 0 fully saturated rings. The van der Waals surface area contributed by atoms with Crippen LogP contribution in [0.4, 0.5) is 0 Å². The molecule has 2 heteroatoms. The number of hydrogen-bond donors (Lipinski definition) is 1. The van der Waals surface area contributed by atoms with Gasteiger partial charge in [-0.25, -0.2) is 0 Å². The molecule has 0 saturated carbocycles. The van der Waals surface area contributed by atoms with Crippen LogP contribution in [-0.4, -0.2) is 18.0 Å². The Bertz CT molecular complexity index is 79.0. The minimum Gasteiger partial charge on any atom is -0.365 e. The fourth-order valence-corrected chi connectivity index (χ4v) is 0.580. The molecular weight excluding hydrogens is 116 g/mol. The van der Waals surface area contributed by atoms with Gasteiger partial charge in [0.15, 0.2) is 5.79 Å². The molecule has 0 rings (SSSR count). The third-order valence-electron chi connectivity index (χ3n) is 1.94. The predicted octanol–water partition coefficient (Wildman–Crippen LogP) is 1.39. The van der Waals surface area contributed by atoms with Crippen molar-refractivity contribution in [3.63, 3.8) is 0 Å². The normalized spacial score (nSPS) is 21.0. The molecule has 2 atom stereocenters. The van der Waals surface area contributed by atoms with Crippen LogP contribution < -0.4 is 0 Å². The van der Waals surface area contributed by atoms with Gasteiger partial charge in [-0.3, -0.25) is 0 Å². The molecule has 0 aliphatic rings. The van der Waals surface area contributed by atoms with Crippen molar-refractivity contribution < 1.29 is 9.84 Å². The predicted molar refractivity (Wildman–Crippen MR) is 37.1 cm³/mol. The highest BCUT2D eigenvalue weighted by Gasteiger charge is 2.25. The van der Waals surface area contributed by atoms with E-state index in [2.05, 4.69) is 0 Å². The molecule has 0 bridgehead atoms. The van der Waals surface area contributed by atoms with Crippen molar-refractivity contribution in [2.75, 3.05) is 7.11 Å². The Morgan fingerprint density at radius 1 is 1.67 bits per heavy atom. The van der Waals surface area contributed by atoms with Crippen molar-refractivity contribution in [1.29, 1.82) is 0 Å². The summed E-state index contributed by atoms with van der Waals surface area (Å²) in [6.45, 7) is 5.67. The van der Waals surface area contributed by atoms with E-state index in [0.717, 1.165) is 6.42 Å². The number of methoxy groups -OCH3 is 1. The first-order valence-electron chi connectivity index (χ1n) is 3.32. The van der Waals surface area contributed by atoms with Crippen molar-refractivity contribution in [2.45, 2.75) is 33.0 Å². The Morgan fingerprint density at radius 2 is 2.11 bits per heavy atom. The summed E-state index contributed by atoms with van der Waals surface area (Å²) in [5.74, 6) is -0.753. The van der Waals surface area contributed by atoms with E-state index < -0.39 is 5.79 Å². The molecule has 0 aromatic carbocycles. The van der Waals surface area contributed by atoms with Gasteiger partial charge in [-0.05, 0) is 13.3 Å². The Labute approximate surface area is 56.8 Å². The molecule has 0 aromatic heterocycles. The average Bonchev–Trinajstić information content (AvgIpc) is 1.86. The summed E-state index contributed by atoms with van der Waals surface area (Å²) in [5.41, 5.74) is 0. The maximum absolute atomic E-state index is 9.37. The molecule has 2 unspecified atom stereocenters. The molecule has 0 radical (unpaired) electrons. The van der Waals surface area contributed by atoms with Crippen LogP contribution in [0.5, 0.6) is 0 Å². The lowest BCUT2D eigenvalue weighted by atomic mass is 10.00. The van der Waals surface area contributed by atoms with Crippen LogP contribution in [0, 0.1) is 5.92 Å². The first-order valence-corrected chi connectivity index (χ1v) is 3.32. The van der Waals surface area contributed by atoms with Gasteiger partial charge in [0.25, 0.3) is 0 Å². The van der Waals surface area contributed by atoms with Gasteiger partial charge in [0, 0.05) is 13.0 Å². The molecule has 0 amide bonds. The zero-order valence-corrected chi connectivity index (χ0v) is 6.64. The molecule has 0 aliphatic heterocycles. The average molecular weight is 132 g/mol. The molecule has 56 valence electrons. The van der Waals surface area contributed by atoms with Crippen LogP contribution in [0.25, 0.3) is 0 Å². The van der Waals surface area contributed by atoms with Crippen molar-refractivity contribution >= 4 is 0 Å².